The summed E-state index contributed by atoms with van der Waals surface area (Å²) in [6.45, 7) is 4.15. The molecule has 0 aliphatic carbocycles. The number of aliphatic hydroxyl groups is 1. The summed E-state index contributed by atoms with van der Waals surface area (Å²) >= 11 is 0. The summed E-state index contributed by atoms with van der Waals surface area (Å²) in [6.07, 6.45) is 0.717. The summed E-state index contributed by atoms with van der Waals surface area (Å²) in [5, 5.41) is 35.3. The van der Waals surface area contributed by atoms with Crippen LogP contribution in [0.2, 0.25) is 0 Å². The van der Waals surface area contributed by atoms with Gasteiger partial charge in [-0.3, -0.25) is 19.2 Å². The van der Waals surface area contributed by atoms with Gasteiger partial charge in [0.2, 0.25) is 5.56 Å². The molecule has 60 heavy (non-hydrogen) atoms. The van der Waals surface area contributed by atoms with Gasteiger partial charge in [0.1, 0.15) is 24.2 Å². The summed E-state index contributed by atoms with van der Waals surface area (Å²) in [7, 11) is 1.77. The van der Waals surface area contributed by atoms with Crippen molar-refractivity contribution < 1.29 is 29.3 Å². The Morgan fingerprint density at radius 3 is 2.40 bits per heavy atom. The Hall–Kier alpha value is -6.48. The number of rotatable bonds is 15. The SMILES string of the molecule is Cn1nc(C(=O)NCc2ccc(CNC[C@H](O)c3ccc(O)c4[nH]c(=O)ccc34)cc2)cc1COc1cccc([C@@H](NC(=O)O[C@H]2CN3CCC2CC3)c2ccccc2)c1. The number of carbonyl (C=O) groups is 2. The largest absolute Gasteiger partial charge is 0.506 e. The van der Waals surface area contributed by atoms with Crippen LogP contribution in [0.25, 0.3) is 10.9 Å². The van der Waals surface area contributed by atoms with E-state index in [0.29, 0.717) is 46.9 Å². The number of nitrogens with zero attached hydrogens (tertiary/aromatic N) is 3. The number of hydrogen-bond donors (Lipinski definition) is 6. The molecule has 0 unspecified atom stereocenters. The minimum Gasteiger partial charge on any atom is -0.506 e. The molecule has 310 valence electrons. The first-order valence-electron chi connectivity index (χ1n) is 20.3. The average molecular weight is 812 g/mol. The van der Waals surface area contributed by atoms with Crippen LogP contribution < -0.4 is 26.2 Å². The number of aromatic hydroxyl groups is 1. The molecule has 4 aromatic carbocycles. The van der Waals surface area contributed by atoms with Crippen LogP contribution in [0.4, 0.5) is 4.79 Å². The van der Waals surface area contributed by atoms with Gasteiger partial charge in [-0.25, -0.2) is 4.79 Å². The smallest absolute Gasteiger partial charge is 0.408 e. The molecular weight excluding hydrogens is 763 g/mol. The summed E-state index contributed by atoms with van der Waals surface area (Å²) in [5.74, 6) is 0.643. The summed E-state index contributed by atoms with van der Waals surface area (Å²) in [6, 6.07) is 32.5. The molecule has 6 aromatic rings. The van der Waals surface area contributed by atoms with Crippen molar-refractivity contribution in [3.05, 3.63) is 159 Å². The number of aliphatic hydroxyl groups excluding tert-OH is 1. The zero-order valence-electron chi connectivity index (χ0n) is 33.3. The standard InChI is InChI=1S/C46H49N7O7/c1-52-34(28-59-35-9-5-8-33(22-35)43(32-6-3-2-4-7-32)50-46(58)60-41-27-53-20-18-31(41)19-21-53)23-38(51-52)45(57)48-25-30-12-10-29(11-13-30)24-47-26-40(55)36-14-16-39(54)44-37(36)15-17-42(56)49-44/h2-17,22-23,31,40-41,43,47,54-55H,18-21,24-28H2,1H3,(H,48,57)(H,49,56)(H,50,58)/t40-,41-,43-/m0/s1. The first-order valence-corrected chi connectivity index (χ1v) is 20.3. The van der Waals surface area contributed by atoms with E-state index in [1.807, 2.05) is 78.9 Å². The quantitative estimate of drug-likeness (QED) is 0.0806. The number of pyridine rings is 1. The van der Waals surface area contributed by atoms with Crippen LogP contribution in [0, 0.1) is 5.92 Å². The van der Waals surface area contributed by atoms with Gasteiger partial charge in [0.15, 0.2) is 5.69 Å². The minimum atomic E-state index is -0.864. The van der Waals surface area contributed by atoms with Crippen LogP contribution in [0.1, 0.15) is 69.0 Å². The van der Waals surface area contributed by atoms with Gasteiger partial charge in [0, 0.05) is 44.7 Å². The van der Waals surface area contributed by atoms with E-state index in [1.165, 1.54) is 12.1 Å². The maximum Gasteiger partial charge on any atom is 0.408 e. The maximum absolute atomic E-state index is 13.3. The second kappa shape index (κ2) is 18.2. The van der Waals surface area contributed by atoms with Crippen LogP contribution in [-0.4, -0.2) is 74.2 Å². The fourth-order valence-electron chi connectivity index (χ4n) is 8.09. The summed E-state index contributed by atoms with van der Waals surface area (Å²) < 4.78 is 13.8. The van der Waals surface area contributed by atoms with E-state index < -0.39 is 18.2 Å². The van der Waals surface area contributed by atoms with Crippen molar-refractivity contribution in [2.24, 2.45) is 13.0 Å². The van der Waals surface area contributed by atoms with Crippen molar-refractivity contribution >= 4 is 22.9 Å². The molecule has 2 amide bonds. The molecule has 5 heterocycles. The zero-order chi connectivity index (χ0) is 41.6. The molecule has 2 aromatic heterocycles. The van der Waals surface area contributed by atoms with E-state index in [4.69, 9.17) is 9.47 Å². The number of aromatic nitrogens is 3. The van der Waals surface area contributed by atoms with Gasteiger partial charge in [0.25, 0.3) is 5.91 Å². The molecule has 2 bridgehead atoms. The Labute approximate surface area is 347 Å². The van der Waals surface area contributed by atoms with Crippen LogP contribution in [-0.2, 0) is 31.5 Å². The highest BCUT2D eigenvalue weighted by atomic mass is 16.6. The van der Waals surface area contributed by atoms with Gasteiger partial charge in [-0.2, -0.15) is 5.10 Å². The van der Waals surface area contributed by atoms with Crippen molar-refractivity contribution in [1.29, 1.82) is 0 Å². The number of ether oxygens (including phenoxy) is 2. The molecule has 3 fully saturated rings. The molecule has 0 saturated carbocycles. The fourth-order valence-corrected chi connectivity index (χ4v) is 8.09. The van der Waals surface area contributed by atoms with Crippen molar-refractivity contribution in [2.75, 3.05) is 26.2 Å². The number of aryl methyl sites for hydroxylation is 1. The van der Waals surface area contributed by atoms with Crippen molar-refractivity contribution in [3.63, 3.8) is 0 Å². The highest BCUT2D eigenvalue weighted by Gasteiger charge is 2.37. The second-order valence-corrected chi connectivity index (χ2v) is 15.5. The lowest BCUT2D eigenvalue weighted by atomic mass is 9.86. The first kappa shape index (κ1) is 40.3. The minimum absolute atomic E-state index is 0.0562. The number of benzene rings is 4. The van der Waals surface area contributed by atoms with E-state index in [9.17, 15) is 24.6 Å². The fraction of sp³-hybridized carbons (Fsp3) is 0.304. The molecule has 3 atom stereocenters. The van der Waals surface area contributed by atoms with Gasteiger partial charge in [-0.1, -0.05) is 72.8 Å². The van der Waals surface area contributed by atoms with Gasteiger partial charge in [-0.15, -0.1) is 0 Å². The number of amides is 2. The Bertz CT molecular complexity index is 2500. The summed E-state index contributed by atoms with van der Waals surface area (Å²) in [4.78, 5) is 43.1. The highest BCUT2D eigenvalue weighted by Crippen LogP contribution is 2.31. The van der Waals surface area contributed by atoms with E-state index in [1.54, 1.807) is 29.9 Å². The van der Waals surface area contributed by atoms with Crippen molar-refractivity contribution in [3.8, 4) is 11.5 Å². The van der Waals surface area contributed by atoms with Crippen LogP contribution >= 0.6 is 0 Å². The van der Waals surface area contributed by atoms with Gasteiger partial charge >= 0.3 is 6.09 Å². The maximum atomic E-state index is 13.3. The number of aromatic amines is 1. The third-order valence-electron chi connectivity index (χ3n) is 11.4. The van der Waals surface area contributed by atoms with Crippen molar-refractivity contribution in [1.82, 2.24) is 35.6 Å². The molecule has 9 rings (SSSR count). The van der Waals surface area contributed by atoms with Gasteiger partial charge in [-0.05, 0) is 90.0 Å². The molecule has 0 radical (unpaired) electrons. The molecule has 3 aliphatic rings. The van der Waals surface area contributed by atoms with E-state index in [0.717, 1.165) is 54.7 Å². The number of H-pyrrole nitrogens is 1. The monoisotopic (exact) mass is 811 g/mol. The Kier molecular flexibility index (Phi) is 12.2. The molecule has 3 saturated heterocycles. The topological polar surface area (TPSA) is 183 Å². The third-order valence-corrected chi connectivity index (χ3v) is 11.4. The van der Waals surface area contributed by atoms with Gasteiger partial charge in [0.05, 0.1) is 23.4 Å². The molecule has 6 N–H and O–H groups in total. The lowest BCUT2D eigenvalue weighted by Gasteiger charge is -2.43. The summed E-state index contributed by atoms with van der Waals surface area (Å²) in [5.41, 5.74) is 5.20. The van der Waals surface area contributed by atoms with E-state index in [2.05, 4.69) is 30.9 Å². The molecule has 0 spiro atoms. The lowest BCUT2D eigenvalue weighted by molar-refractivity contribution is -0.0336. The molecule has 14 nitrogen and oxygen atoms in total. The third kappa shape index (κ3) is 9.52. The van der Waals surface area contributed by atoms with Gasteiger partial charge < -0.3 is 40.6 Å². The van der Waals surface area contributed by atoms with Crippen LogP contribution in [0.5, 0.6) is 11.5 Å². The number of phenols is 1. The predicted octanol–water partition coefficient (Wildman–Crippen LogP) is 5.21. The first-order chi connectivity index (χ1) is 29.2. The number of carbonyl (C=O) groups excluding carboxylic acids is 2. The Morgan fingerprint density at radius 1 is 0.900 bits per heavy atom. The number of fused-ring (bicyclic) bond motifs is 4. The Balaban J connectivity index is 0.822. The number of hydrogen-bond acceptors (Lipinski definition) is 10. The van der Waals surface area contributed by atoms with Crippen LogP contribution in [0.3, 0.4) is 0 Å². The number of piperidine rings is 3. The predicted molar refractivity (Wildman–Crippen MR) is 225 cm³/mol. The van der Waals surface area contributed by atoms with Crippen LogP contribution in [0.15, 0.2) is 114 Å². The van der Waals surface area contributed by atoms with Crippen molar-refractivity contribution in [2.45, 2.75) is 50.8 Å². The normalized spacial score (nSPS) is 18.1. The average Bonchev–Trinajstić information content (AvgIpc) is 3.65. The molecule has 3 aliphatic heterocycles. The molecule has 14 heteroatoms. The lowest BCUT2D eigenvalue weighted by Crippen LogP contribution is -2.52. The number of alkyl carbamates (subject to hydrolysis) is 1. The van der Waals surface area contributed by atoms with E-state index in [-0.39, 0.29) is 42.2 Å². The van der Waals surface area contributed by atoms with E-state index >= 15 is 0 Å². The Morgan fingerprint density at radius 2 is 1.65 bits per heavy atom. The zero-order valence-corrected chi connectivity index (χ0v) is 33.3. The highest BCUT2D eigenvalue weighted by molar-refractivity contribution is 5.92. The number of nitrogens with one attached hydrogen (secondary N) is 4. The second-order valence-electron chi connectivity index (χ2n) is 15.5. The number of phenolic OH excluding ortho intramolecular Hbond substituents is 1. The molecular formula is C46H49N7O7.